The number of fused-ring (bicyclic) bond motifs is 7. The van der Waals surface area contributed by atoms with Crippen LogP contribution in [0.4, 0.5) is 0 Å². The highest BCUT2D eigenvalue weighted by Gasteiger charge is 2.24. The summed E-state index contributed by atoms with van der Waals surface area (Å²) in [5.74, 6) is 2.95. The highest BCUT2D eigenvalue weighted by Crippen LogP contribution is 2.52. The number of rotatable bonds is 3. The van der Waals surface area contributed by atoms with Crippen LogP contribution in [-0.4, -0.2) is 0 Å². The summed E-state index contributed by atoms with van der Waals surface area (Å²) in [4.78, 5) is 0. The largest absolute Gasteiger partial charge is 0.449 e. The Labute approximate surface area is 278 Å². The summed E-state index contributed by atoms with van der Waals surface area (Å²) in [6, 6.07) is 60.3. The SMILES string of the molecule is c1ccc(-c2c3ccccc3c(-c3ccc(-c4cc5c(c6ccccc46)Oc4cc6ccccc6cc4O5)cc3)c3ccccc23)cc1. The summed E-state index contributed by atoms with van der Waals surface area (Å²) in [6.45, 7) is 0. The van der Waals surface area contributed by atoms with Crippen molar-refractivity contribution in [1.29, 1.82) is 0 Å². The van der Waals surface area contributed by atoms with E-state index in [1.807, 2.05) is 12.1 Å². The summed E-state index contributed by atoms with van der Waals surface area (Å²) < 4.78 is 13.1. The Morgan fingerprint density at radius 2 is 0.729 bits per heavy atom. The second-order valence-corrected chi connectivity index (χ2v) is 12.4. The first kappa shape index (κ1) is 26.8. The smallest absolute Gasteiger partial charge is 0.177 e. The molecule has 48 heavy (non-hydrogen) atoms. The van der Waals surface area contributed by atoms with Gasteiger partial charge in [-0.1, -0.05) is 152 Å². The molecule has 224 valence electrons. The highest BCUT2D eigenvalue weighted by molar-refractivity contribution is 6.21. The van der Waals surface area contributed by atoms with Crippen LogP contribution in [0.25, 0.3) is 76.5 Å². The quantitative estimate of drug-likeness (QED) is 0.185. The van der Waals surface area contributed by atoms with Gasteiger partial charge in [-0.2, -0.15) is 0 Å². The molecule has 1 aliphatic rings. The Bertz CT molecular complexity index is 2650. The number of hydrogen-bond donors (Lipinski definition) is 0. The van der Waals surface area contributed by atoms with Crippen LogP contribution in [0.2, 0.25) is 0 Å². The standard InChI is InChI=1S/C46H28O2/c1-2-12-30(13-3-1)44-35-17-7-9-19-37(35)45(38-20-10-8-18-36(38)44)31-24-22-29(23-25-31)40-28-43-46(39-21-11-6-16-34(39)40)48-42-27-33-15-5-4-14-32(33)26-41(42)47-43/h1-28H. The first-order chi connectivity index (χ1) is 23.8. The third kappa shape index (κ3) is 4.13. The molecule has 0 N–H and O–H groups in total. The topological polar surface area (TPSA) is 18.5 Å². The van der Waals surface area contributed by atoms with Crippen LogP contribution in [0, 0.1) is 0 Å². The summed E-state index contributed by atoms with van der Waals surface area (Å²) >= 11 is 0. The predicted octanol–water partition coefficient (Wildman–Crippen LogP) is 13.2. The van der Waals surface area contributed by atoms with E-state index in [0.29, 0.717) is 0 Å². The van der Waals surface area contributed by atoms with Crippen molar-refractivity contribution in [3.63, 3.8) is 0 Å². The third-order valence-electron chi connectivity index (χ3n) is 9.68. The Balaban J connectivity index is 1.13. The summed E-state index contributed by atoms with van der Waals surface area (Å²) in [7, 11) is 0. The van der Waals surface area contributed by atoms with Crippen molar-refractivity contribution in [1.82, 2.24) is 0 Å². The fraction of sp³-hybridized carbons (Fsp3) is 0. The molecule has 0 radical (unpaired) electrons. The van der Waals surface area contributed by atoms with Crippen molar-refractivity contribution in [2.24, 2.45) is 0 Å². The first-order valence-corrected chi connectivity index (χ1v) is 16.3. The molecule has 0 saturated heterocycles. The van der Waals surface area contributed by atoms with Crippen molar-refractivity contribution in [3.8, 4) is 56.4 Å². The zero-order valence-electron chi connectivity index (χ0n) is 26.0. The maximum atomic E-state index is 6.57. The second kappa shape index (κ2) is 10.6. The number of hydrogen-bond acceptors (Lipinski definition) is 2. The van der Waals surface area contributed by atoms with Crippen LogP contribution in [0.15, 0.2) is 170 Å². The first-order valence-electron chi connectivity index (χ1n) is 16.3. The normalized spacial score (nSPS) is 12.1. The summed E-state index contributed by atoms with van der Waals surface area (Å²) in [5.41, 5.74) is 7.18. The Hall–Kier alpha value is -6.38. The van der Waals surface area contributed by atoms with E-state index in [1.54, 1.807) is 0 Å². The Kier molecular flexibility index (Phi) is 5.91. The number of benzene rings is 9. The van der Waals surface area contributed by atoms with Crippen molar-refractivity contribution in [3.05, 3.63) is 170 Å². The lowest BCUT2D eigenvalue weighted by atomic mass is 9.85. The van der Waals surface area contributed by atoms with Gasteiger partial charge >= 0.3 is 0 Å². The van der Waals surface area contributed by atoms with Crippen LogP contribution in [0.1, 0.15) is 0 Å². The van der Waals surface area contributed by atoms with E-state index < -0.39 is 0 Å². The van der Waals surface area contributed by atoms with Gasteiger partial charge in [-0.15, -0.1) is 0 Å². The van der Waals surface area contributed by atoms with E-state index in [1.165, 1.54) is 43.8 Å². The lowest BCUT2D eigenvalue weighted by Crippen LogP contribution is -2.00. The molecule has 0 aliphatic carbocycles. The van der Waals surface area contributed by atoms with Gasteiger partial charge in [0, 0.05) is 5.39 Å². The molecule has 2 nitrogen and oxygen atoms in total. The molecule has 0 fully saturated rings. The van der Waals surface area contributed by atoms with Gasteiger partial charge in [-0.05, 0) is 89.3 Å². The zero-order valence-corrected chi connectivity index (χ0v) is 26.0. The van der Waals surface area contributed by atoms with Gasteiger partial charge in [0.05, 0.1) is 0 Å². The van der Waals surface area contributed by atoms with E-state index in [9.17, 15) is 0 Å². The Morgan fingerprint density at radius 1 is 0.292 bits per heavy atom. The van der Waals surface area contributed by atoms with Gasteiger partial charge in [0.25, 0.3) is 0 Å². The molecule has 0 amide bonds. The Morgan fingerprint density at radius 3 is 1.31 bits per heavy atom. The van der Waals surface area contributed by atoms with Crippen LogP contribution in [-0.2, 0) is 0 Å². The molecule has 0 bridgehead atoms. The van der Waals surface area contributed by atoms with E-state index in [-0.39, 0.29) is 0 Å². The third-order valence-corrected chi connectivity index (χ3v) is 9.68. The van der Waals surface area contributed by atoms with Gasteiger partial charge in [0.15, 0.2) is 23.0 Å². The molecule has 9 aromatic rings. The van der Waals surface area contributed by atoms with E-state index >= 15 is 0 Å². The van der Waals surface area contributed by atoms with Gasteiger partial charge < -0.3 is 9.47 Å². The predicted molar refractivity (Wildman–Crippen MR) is 199 cm³/mol. The fourth-order valence-electron chi connectivity index (χ4n) is 7.50. The second-order valence-electron chi connectivity index (χ2n) is 12.4. The van der Waals surface area contributed by atoms with E-state index in [0.717, 1.165) is 55.7 Å². The average Bonchev–Trinajstić information content (AvgIpc) is 3.15. The van der Waals surface area contributed by atoms with E-state index in [4.69, 9.17) is 9.47 Å². The van der Waals surface area contributed by atoms with E-state index in [2.05, 4.69) is 158 Å². The van der Waals surface area contributed by atoms with Crippen molar-refractivity contribution >= 4 is 43.1 Å². The molecular formula is C46H28O2. The minimum Gasteiger partial charge on any atom is -0.449 e. The fourth-order valence-corrected chi connectivity index (χ4v) is 7.50. The number of ether oxygens (including phenoxy) is 2. The minimum absolute atomic E-state index is 0.726. The molecule has 10 rings (SSSR count). The molecule has 9 aromatic carbocycles. The monoisotopic (exact) mass is 612 g/mol. The van der Waals surface area contributed by atoms with Crippen LogP contribution in [0.5, 0.6) is 23.0 Å². The lowest BCUT2D eigenvalue weighted by molar-refractivity contribution is 0.364. The molecule has 1 heterocycles. The lowest BCUT2D eigenvalue weighted by Gasteiger charge is -2.24. The molecular weight excluding hydrogens is 585 g/mol. The van der Waals surface area contributed by atoms with Gasteiger partial charge in [-0.3, -0.25) is 0 Å². The van der Waals surface area contributed by atoms with Crippen molar-refractivity contribution in [2.75, 3.05) is 0 Å². The maximum Gasteiger partial charge on any atom is 0.177 e. The van der Waals surface area contributed by atoms with Gasteiger partial charge in [-0.25, -0.2) is 0 Å². The average molecular weight is 613 g/mol. The zero-order chi connectivity index (χ0) is 31.6. The minimum atomic E-state index is 0.726. The maximum absolute atomic E-state index is 6.57. The van der Waals surface area contributed by atoms with Crippen LogP contribution < -0.4 is 9.47 Å². The van der Waals surface area contributed by atoms with Gasteiger partial charge in [0.2, 0.25) is 0 Å². The van der Waals surface area contributed by atoms with Crippen molar-refractivity contribution in [2.45, 2.75) is 0 Å². The molecule has 1 aliphatic heterocycles. The summed E-state index contributed by atoms with van der Waals surface area (Å²) in [5, 5.41) is 9.41. The molecule has 0 aromatic heterocycles. The summed E-state index contributed by atoms with van der Waals surface area (Å²) in [6.07, 6.45) is 0. The van der Waals surface area contributed by atoms with Crippen LogP contribution >= 0.6 is 0 Å². The highest BCUT2D eigenvalue weighted by atomic mass is 16.6. The van der Waals surface area contributed by atoms with Crippen molar-refractivity contribution < 1.29 is 9.47 Å². The molecule has 0 spiro atoms. The van der Waals surface area contributed by atoms with Gasteiger partial charge in [0.1, 0.15) is 0 Å². The molecule has 2 heteroatoms. The molecule has 0 unspecified atom stereocenters. The molecule has 0 atom stereocenters. The molecule has 0 saturated carbocycles. The van der Waals surface area contributed by atoms with Crippen LogP contribution in [0.3, 0.4) is 0 Å².